The quantitative estimate of drug-likeness (QED) is 0.314. The van der Waals surface area contributed by atoms with E-state index in [1.165, 1.54) is 57.3 Å². The summed E-state index contributed by atoms with van der Waals surface area (Å²) in [5.41, 5.74) is 2.57. The Kier molecular flexibility index (Phi) is 17.5. The van der Waals surface area contributed by atoms with Crippen molar-refractivity contribution >= 4 is 0 Å². The molecule has 276 valence electrons. The van der Waals surface area contributed by atoms with Gasteiger partial charge in [0.1, 0.15) is 0 Å². The predicted octanol–water partition coefficient (Wildman–Crippen LogP) is 8.95. The number of hydrogen-bond acceptors (Lipinski definition) is 7. The van der Waals surface area contributed by atoms with E-state index < -0.39 is 5.60 Å². The molecule has 1 aliphatic heterocycles. The van der Waals surface area contributed by atoms with Crippen molar-refractivity contribution < 1.29 is 9.84 Å². The van der Waals surface area contributed by atoms with Crippen LogP contribution in [0.2, 0.25) is 0 Å². The number of nitrogens with zero attached hydrogens (tertiary/aromatic N) is 6. The first kappa shape index (κ1) is 45.2. The van der Waals surface area contributed by atoms with Crippen molar-refractivity contribution in [3.63, 3.8) is 0 Å². The third kappa shape index (κ3) is 19.1. The summed E-state index contributed by atoms with van der Waals surface area (Å²) in [6, 6.07) is 0. The van der Waals surface area contributed by atoms with E-state index in [0.717, 1.165) is 11.5 Å². The van der Waals surface area contributed by atoms with Crippen molar-refractivity contribution in [3.8, 4) is 0 Å². The minimum absolute atomic E-state index is 0.00694. The van der Waals surface area contributed by atoms with Crippen molar-refractivity contribution in [2.75, 3.05) is 13.1 Å². The van der Waals surface area contributed by atoms with Gasteiger partial charge in [-0.05, 0) is 107 Å². The molecule has 9 nitrogen and oxygen atoms in total. The van der Waals surface area contributed by atoms with E-state index >= 15 is 0 Å². The van der Waals surface area contributed by atoms with Gasteiger partial charge in [0.05, 0.1) is 29.3 Å². The van der Waals surface area contributed by atoms with Crippen molar-refractivity contribution in [1.82, 2.24) is 35.1 Å². The molecule has 47 heavy (non-hydrogen) atoms. The smallest absolute Gasteiger partial charge is 0.179 e. The number of rotatable bonds is 1. The maximum Gasteiger partial charge on any atom is 0.179 e. The van der Waals surface area contributed by atoms with Crippen molar-refractivity contribution in [3.05, 3.63) is 23.5 Å². The monoisotopic (exact) mass is 664 g/mol. The zero-order valence-electron chi connectivity index (χ0n) is 34.4. The number of aromatic amines is 1. The highest BCUT2D eigenvalue weighted by molar-refractivity contribution is 5.19. The summed E-state index contributed by atoms with van der Waals surface area (Å²) >= 11 is 0. The summed E-state index contributed by atoms with van der Waals surface area (Å²) in [6.45, 7) is 40.4. The molecular weight excluding hydrogens is 586 g/mol. The highest BCUT2D eigenvalue weighted by Gasteiger charge is 2.29. The average Bonchev–Trinajstić information content (AvgIpc) is 3.66. The fraction of sp³-hybridized carbons (Fsp3) is 0.895. The van der Waals surface area contributed by atoms with Gasteiger partial charge in [-0.25, -0.2) is 4.98 Å². The van der Waals surface area contributed by atoms with Crippen LogP contribution in [0.4, 0.5) is 0 Å². The SMILES string of the molecule is CC(C)(C)C(C)(C)O.CC(C)(C)N1CCCC1.CC(C)(C)OC1CCCC1.CC(C)(C)c1nn[nH]n1.Cc1ncn(C)c1C(C)(C)C. The molecule has 2 aromatic heterocycles. The number of hydrogen-bond donors (Lipinski definition) is 2. The molecule has 0 spiro atoms. The second kappa shape index (κ2) is 18.2. The zero-order chi connectivity index (χ0) is 37.1. The Morgan fingerprint density at radius 2 is 1.23 bits per heavy atom. The number of nitrogens with one attached hydrogen (secondary N) is 1. The largest absolute Gasteiger partial charge is 0.390 e. The molecule has 0 amide bonds. The van der Waals surface area contributed by atoms with Crippen LogP contribution in [0.15, 0.2) is 6.33 Å². The van der Waals surface area contributed by atoms with Gasteiger partial charge in [-0.15, -0.1) is 10.2 Å². The third-order valence-electron chi connectivity index (χ3n) is 8.56. The van der Waals surface area contributed by atoms with Crippen LogP contribution in [-0.2, 0) is 22.6 Å². The molecule has 1 saturated carbocycles. The fourth-order valence-corrected chi connectivity index (χ4v) is 4.99. The lowest BCUT2D eigenvalue weighted by Crippen LogP contribution is -2.38. The predicted molar refractivity (Wildman–Crippen MR) is 199 cm³/mol. The molecule has 2 fully saturated rings. The number of H-pyrrole nitrogens is 1. The van der Waals surface area contributed by atoms with Crippen molar-refractivity contribution in [2.24, 2.45) is 12.5 Å². The molecule has 0 radical (unpaired) electrons. The molecule has 0 atom stereocenters. The van der Waals surface area contributed by atoms with Crippen LogP contribution in [-0.4, -0.2) is 76.1 Å². The van der Waals surface area contributed by atoms with Crippen LogP contribution >= 0.6 is 0 Å². The van der Waals surface area contributed by atoms with Gasteiger partial charge < -0.3 is 14.4 Å². The highest BCUT2D eigenvalue weighted by atomic mass is 16.5. The summed E-state index contributed by atoms with van der Waals surface area (Å²) in [5, 5.41) is 22.9. The molecule has 9 heteroatoms. The lowest BCUT2D eigenvalue weighted by atomic mass is 9.79. The molecule has 0 unspecified atom stereocenters. The summed E-state index contributed by atoms with van der Waals surface area (Å²) < 4.78 is 7.89. The molecule has 4 rings (SSSR count). The van der Waals surface area contributed by atoms with Gasteiger partial charge in [-0.1, -0.05) is 80.4 Å². The minimum atomic E-state index is -0.562. The van der Waals surface area contributed by atoms with E-state index in [0.29, 0.717) is 11.6 Å². The van der Waals surface area contributed by atoms with Gasteiger partial charge in [-0.3, -0.25) is 4.90 Å². The van der Waals surface area contributed by atoms with Crippen LogP contribution in [0.1, 0.15) is 173 Å². The maximum atomic E-state index is 9.35. The number of ether oxygens (including phenoxy) is 1. The first-order valence-corrected chi connectivity index (χ1v) is 17.8. The second-order valence-corrected chi connectivity index (χ2v) is 18.8. The molecule has 3 heterocycles. The third-order valence-corrected chi connectivity index (χ3v) is 8.56. The number of aromatic nitrogens is 6. The van der Waals surface area contributed by atoms with Crippen LogP contribution in [0.3, 0.4) is 0 Å². The Labute approximate surface area is 290 Å². The van der Waals surface area contributed by atoms with Gasteiger partial charge >= 0.3 is 0 Å². The fourth-order valence-electron chi connectivity index (χ4n) is 4.99. The minimum Gasteiger partial charge on any atom is -0.390 e. The Bertz CT molecular complexity index is 1050. The van der Waals surface area contributed by atoms with Gasteiger partial charge in [0, 0.05) is 29.1 Å². The molecule has 0 bridgehead atoms. The number of likely N-dealkylation sites (tertiary alicyclic amines) is 1. The number of imidazole rings is 1. The molecular formula is C38H77N7O2. The molecule has 2 aliphatic rings. The first-order valence-electron chi connectivity index (χ1n) is 17.8. The van der Waals surface area contributed by atoms with E-state index in [2.05, 4.69) is 104 Å². The van der Waals surface area contributed by atoms with E-state index in [-0.39, 0.29) is 21.8 Å². The van der Waals surface area contributed by atoms with Crippen LogP contribution in [0.25, 0.3) is 0 Å². The Morgan fingerprint density at radius 1 is 0.766 bits per heavy atom. The molecule has 1 aliphatic carbocycles. The first-order chi connectivity index (χ1) is 21.0. The highest BCUT2D eigenvalue weighted by Crippen LogP contribution is 2.28. The van der Waals surface area contributed by atoms with Crippen molar-refractivity contribution in [1.29, 1.82) is 0 Å². The number of aliphatic hydroxyl groups is 1. The van der Waals surface area contributed by atoms with Gasteiger partial charge in [0.25, 0.3) is 0 Å². The second-order valence-electron chi connectivity index (χ2n) is 18.8. The summed E-state index contributed by atoms with van der Waals surface area (Å²) in [5.74, 6) is 0.752. The zero-order valence-corrected chi connectivity index (χ0v) is 34.4. The van der Waals surface area contributed by atoms with Gasteiger partial charge in [0.15, 0.2) is 5.82 Å². The van der Waals surface area contributed by atoms with Gasteiger partial charge in [0.2, 0.25) is 0 Å². The van der Waals surface area contributed by atoms with E-state index in [1.807, 2.05) is 68.8 Å². The number of aryl methyl sites for hydroxylation is 2. The van der Waals surface area contributed by atoms with E-state index in [9.17, 15) is 5.11 Å². The van der Waals surface area contributed by atoms with Gasteiger partial charge in [-0.2, -0.15) is 5.21 Å². The van der Waals surface area contributed by atoms with Crippen LogP contribution in [0, 0.1) is 12.3 Å². The maximum absolute atomic E-state index is 9.35. The van der Waals surface area contributed by atoms with E-state index in [1.54, 1.807) is 0 Å². The Morgan fingerprint density at radius 3 is 1.45 bits per heavy atom. The molecule has 1 saturated heterocycles. The van der Waals surface area contributed by atoms with Crippen LogP contribution < -0.4 is 0 Å². The van der Waals surface area contributed by atoms with E-state index in [4.69, 9.17) is 4.74 Å². The lowest BCUT2D eigenvalue weighted by molar-refractivity contribution is -0.0558. The summed E-state index contributed by atoms with van der Waals surface area (Å²) in [4.78, 5) is 6.79. The van der Waals surface area contributed by atoms with Crippen molar-refractivity contribution in [2.45, 2.75) is 197 Å². The normalized spacial score (nSPS) is 16.6. The standard InChI is InChI=1S/C9H16N2.C9H18O.C8H17N.C7H16O.C5H10N4/c1-7-8(9(2,3)4)11(5)6-10-7;1-9(2,3)10-8-6-4-5-7-8;1-8(2,3)9-6-4-5-7-9;1-6(2,3)7(4,5)8;1-5(2,3)4-6-8-9-7-4/h6H,1-5H3;8H,4-7H2,1-3H3;4-7H2,1-3H3;8H,1-5H3;1-3H3,(H,6,7,8,9). The lowest BCUT2D eigenvalue weighted by Gasteiger charge is -2.33. The molecule has 0 aromatic carbocycles. The summed E-state index contributed by atoms with van der Waals surface area (Å²) in [6.07, 6.45) is 10.5. The Balaban J connectivity index is 0.000000565. The molecule has 2 N–H and O–H groups in total. The van der Waals surface area contributed by atoms with Crippen LogP contribution in [0.5, 0.6) is 0 Å². The number of tetrazole rings is 1. The summed E-state index contributed by atoms with van der Waals surface area (Å²) in [7, 11) is 2.04. The Hall–Kier alpha value is -1.84. The molecule has 2 aromatic rings. The topological polar surface area (TPSA) is 105 Å². The average molecular weight is 664 g/mol.